The molecular weight excluding hydrogens is 328 g/mol. The third kappa shape index (κ3) is 6.82. The van der Waals surface area contributed by atoms with Gasteiger partial charge in [0.2, 0.25) is 0 Å². The van der Waals surface area contributed by atoms with Crippen molar-refractivity contribution >= 4 is 5.96 Å². The molecular formula is C19H30N6O. The van der Waals surface area contributed by atoms with Gasteiger partial charge in [0.15, 0.2) is 11.8 Å². The average molecular weight is 358 g/mol. The number of nitrogens with one attached hydrogen (secondary N) is 2. The molecule has 0 aliphatic carbocycles. The van der Waals surface area contributed by atoms with Crippen LogP contribution in [-0.2, 0) is 6.42 Å². The van der Waals surface area contributed by atoms with Gasteiger partial charge in [-0.05, 0) is 31.4 Å². The van der Waals surface area contributed by atoms with Gasteiger partial charge in [-0.2, -0.15) is 4.98 Å². The van der Waals surface area contributed by atoms with E-state index < -0.39 is 0 Å². The summed E-state index contributed by atoms with van der Waals surface area (Å²) in [6.45, 7) is 7.39. The second kappa shape index (κ2) is 10.5. The van der Waals surface area contributed by atoms with Gasteiger partial charge in [0, 0.05) is 32.3 Å². The minimum Gasteiger partial charge on any atom is -0.356 e. The van der Waals surface area contributed by atoms with Gasteiger partial charge < -0.3 is 15.2 Å². The highest BCUT2D eigenvalue weighted by atomic mass is 16.5. The fourth-order valence-corrected chi connectivity index (χ4v) is 2.57. The Morgan fingerprint density at radius 2 is 2.08 bits per heavy atom. The van der Waals surface area contributed by atoms with E-state index in [1.165, 1.54) is 12.8 Å². The first-order valence-corrected chi connectivity index (χ1v) is 9.29. The van der Waals surface area contributed by atoms with Gasteiger partial charge in [-0.15, -0.1) is 0 Å². The van der Waals surface area contributed by atoms with Crippen LogP contribution in [0.15, 0.2) is 33.9 Å². The summed E-state index contributed by atoms with van der Waals surface area (Å²) in [6, 6.07) is 5.99. The van der Waals surface area contributed by atoms with Crippen molar-refractivity contribution in [1.29, 1.82) is 0 Å². The van der Waals surface area contributed by atoms with E-state index in [-0.39, 0.29) is 0 Å². The van der Waals surface area contributed by atoms with Crippen LogP contribution in [-0.4, -0.2) is 40.7 Å². The molecule has 2 N–H and O–H groups in total. The van der Waals surface area contributed by atoms with Crippen LogP contribution in [0.3, 0.4) is 0 Å². The molecule has 1 atom stereocenters. The molecule has 1 unspecified atom stereocenters. The van der Waals surface area contributed by atoms with Crippen molar-refractivity contribution in [2.24, 2.45) is 10.9 Å². The summed E-state index contributed by atoms with van der Waals surface area (Å²) in [5.41, 5.74) is 0.687. The summed E-state index contributed by atoms with van der Waals surface area (Å²) in [4.78, 5) is 12.9. The highest BCUT2D eigenvalue weighted by Crippen LogP contribution is 2.13. The fourth-order valence-electron chi connectivity index (χ4n) is 2.57. The molecule has 7 heteroatoms. The van der Waals surface area contributed by atoms with E-state index in [1.807, 2.05) is 18.2 Å². The zero-order valence-corrected chi connectivity index (χ0v) is 16.2. The minimum absolute atomic E-state index is 0.390. The van der Waals surface area contributed by atoms with E-state index in [1.54, 1.807) is 13.2 Å². The molecule has 2 heterocycles. The topological polar surface area (TPSA) is 88.2 Å². The summed E-state index contributed by atoms with van der Waals surface area (Å²) in [7, 11) is 1.78. The minimum atomic E-state index is 0.390. The second-order valence-corrected chi connectivity index (χ2v) is 6.85. The number of hydrogen-bond acceptors (Lipinski definition) is 5. The first kappa shape index (κ1) is 19.9. The molecule has 0 amide bonds. The normalized spacial score (nSPS) is 13.0. The number of guanidine groups is 1. The van der Waals surface area contributed by atoms with Crippen molar-refractivity contribution in [3.05, 3.63) is 30.2 Å². The van der Waals surface area contributed by atoms with Crippen LogP contribution in [0.1, 0.15) is 45.9 Å². The molecule has 7 nitrogen and oxygen atoms in total. The summed E-state index contributed by atoms with van der Waals surface area (Å²) in [5, 5.41) is 10.7. The Bertz CT molecular complexity index is 668. The average Bonchev–Trinajstić information content (AvgIpc) is 3.10. The van der Waals surface area contributed by atoms with Gasteiger partial charge in [0.25, 0.3) is 5.89 Å². The van der Waals surface area contributed by atoms with Gasteiger partial charge >= 0.3 is 0 Å². The van der Waals surface area contributed by atoms with Crippen molar-refractivity contribution in [3.8, 4) is 11.6 Å². The van der Waals surface area contributed by atoms with Crippen LogP contribution in [0.2, 0.25) is 0 Å². The molecule has 26 heavy (non-hydrogen) atoms. The molecule has 2 rings (SSSR count). The Kier molecular flexibility index (Phi) is 8.05. The maximum atomic E-state index is 5.27. The van der Waals surface area contributed by atoms with Gasteiger partial charge in [-0.1, -0.05) is 37.9 Å². The number of hydrogen-bond donors (Lipinski definition) is 2. The highest BCUT2D eigenvalue weighted by molar-refractivity contribution is 5.79. The van der Waals surface area contributed by atoms with E-state index >= 15 is 0 Å². The number of nitrogens with zero attached hydrogens (tertiary/aromatic N) is 4. The summed E-state index contributed by atoms with van der Waals surface area (Å²) >= 11 is 0. The van der Waals surface area contributed by atoms with Crippen molar-refractivity contribution in [1.82, 2.24) is 25.8 Å². The quantitative estimate of drug-likeness (QED) is 0.529. The van der Waals surface area contributed by atoms with Gasteiger partial charge in [0.05, 0.1) is 0 Å². The first-order chi connectivity index (χ1) is 12.6. The lowest BCUT2D eigenvalue weighted by Crippen LogP contribution is -2.42. The monoisotopic (exact) mass is 358 g/mol. The number of aliphatic imine (C=N–C) groups is 1. The standard InChI is InChI=1S/C19H30N6O/c1-14(2)8-7-9-15(3)23-19(20-4)22-13-11-17-24-18(26-25-17)16-10-5-6-12-21-16/h5-6,10,12,14-15H,7-9,11,13H2,1-4H3,(H2,20,22,23). The predicted octanol–water partition coefficient (Wildman–Crippen LogP) is 3.05. The largest absolute Gasteiger partial charge is 0.356 e. The van der Waals surface area contributed by atoms with Crippen LogP contribution in [0.4, 0.5) is 0 Å². The molecule has 0 spiro atoms. The van der Waals surface area contributed by atoms with Crippen LogP contribution in [0.5, 0.6) is 0 Å². The predicted molar refractivity (Wildman–Crippen MR) is 104 cm³/mol. The molecule has 0 radical (unpaired) electrons. The fraction of sp³-hybridized carbons (Fsp3) is 0.579. The lowest BCUT2D eigenvalue weighted by Gasteiger charge is -2.18. The Hall–Kier alpha value is -2.44. The second-order valence-electron chi connectivity index (χ2n) is 6.85. The lowest BCUT2D eigenvalue weighted by molar-refractivity contribution is 0.421. The van der Waals surface area contributed by atoms with E-state index in [2.05, 4.69) is 51.5 Å². The number of pyridine rings is 1. The Morgan fingerprint density at radius 3 is 2.77 bits per heavy atom. The van der Waals surface area contributed by atoms with E-state index in [0.29, 0.717) is 36.4 Å². The molecule has 2 aromatic rings. The Balaban J connectivity index is 1.73. The molecule has 0 aliphatic heterocycles. The third-order valence-electron chi connectivity index (χ3n) is 4.02. The molecule has 0 aliphatic rings. The van der Waals surface area contributed by atoms with Crippen molar-refractivity contribution < 1.29 is 4.52 Å². The van der Waals surface area contributed by atoms with Gasteiger partial charge in [0.1, 0.15) is 5.69 Å². The third-order valence-corrected chi connectivity index (χ3v) is 4.02. The molecule has 0 fully saturated rings. The number of aromatic nitrogens is 3. The van der Waals surface area contributed by atoms with Gasteiger partial charge in [-0.3, -0.25) is 9.98 Å². The smallest absolute Gasteiger partial charge is 0.276 e. The van der Waals surface area contributed by atoms with Crippen molar-refractivity contribution in [3.63, 3.8) is 0 Å². The SMILES string of the molecule is CN=C(NCCc1noc(-c2ccccn2)n1)NC(C)CCCC(C)C. The van der Waals surface area contributed by atoms with E-state index in [0.717, 1.165) is 18.3 Å². The molecule has 0 bridgehead atoms. The zero-order valence-electron chi connectivity index (χ0n) is 16.2. The summed E-state index contributed by atoms with van der Waals surface area (Å²) < 4.78 is 5.27. The molecule has 142 valence electrons. The van der Waals surface area contributed by atoms with Crippen molar-refractivity contribution in [2.75, 3.05) is 13.6 Å². The molecule has 0 saturated carbocycles. The molecule has 0 aromatic carbocycles. The Morgan fingerprint density at radius 1 is 1.23 bits per heavy atom. The Labute approximate surface area is 155 Å². The van der Waals surface area contributed by atoms with Crippen molar-refractivity contribution in [2.45, 2.75) is 52.5 Å². The van der Waals surface area contributed by atoms with Gasteiger partial charge in [-0.25, -0.2) is 0 Å². The maximum absolute atomic E-state index is 5.27. The van der Waals surface area contributed by atoms with E-state index in [9.17, 15) is 0 Å². The summed E-state index contributed by atoms with van der Waals surface area (Å²) in [6.07, 6.45) is 5.98. The molecule has 0 saturated heterocycles. The van der Waals surface area contributed by atoms with Crippen LogP contribution >= 0.6 is 0 Å². The molecule has 2 aromatic heterocycles. The van der Waals surface area contributed by atoms with Crippen LogP contribution in [0.25, 0.3) is 11.6 Å². The number of rotatable bonds is 9. The lowest BCUT2D eigenvalue weighted by atomic mass is 10.0. The summed E-state index contributed by atoms with van der Waals surface area (Å²) in [5.74, 6) is 2.65. The highest BCUT2D eigenvalue weighted by Gasteiger charge is 2.10. The van der Waals surface area contributed by atoms with Crippen LogP contribution in [0, 0.1) is 5.92 Å². The maximum Gasteiger partial charge on any atom is 0.276 e. The van der Waals surface area contributed by atoms with Crippen LogP contribution < -0.4 is 10.6 Å². The zero-order chi connectivity index (χ0) is 18.8. The van der Waals surface area contributed by atoms with E-state index in [4.69, 9.17) is 4.52 Å². The first-order valence-electron chi connectivity index (χ1n) is 9.29.